The first-order valence-corrected chi connectivity index (χ1v) is 8.54. The van der Waals surface area contributed by atoms with Crippen LogP contribution in [0.4, 0.5) is 0 Å². The van der Waals surface area contributed by atoms with Crippen LogP contribution in [0, 0.1) is 0 Å². The van der Waals surface area contributed by atoms with Crippen molar-refractivity contribution in [1.29, 1.82) is 0 Å². The average Bonchev–Trinajstić information content (AvgIpc) is 2.70. The van der Waals surface area contributed by atoms with Gasteiger partial charge in [0.2, 0.25) is 0 Å². The van der Waals surface area contributed by atoms with Gasteiger partial charge in [0.15, 0.2) is 0 Å². The first-order chi connectivity index (χ1) is 8.84. The highest BCUT2D eigenvalue weighted by atomic mass is 79.9. The molecule has 10 heteroatoms. The molecule has 1 aliphatic heterocycles. The van der Waals surface area contributed by atoms with Crippen molar-refractivity contribution in [1.82, 2.24) is 4.31 Å². The minimum absolute atomic E-state index is 0.00639. The van der Waals surface area contributed by atoms with E-state index in [0.29, 0.717) is 3.79 Å². The summed E-state index contributed by atoms with van der Waals surface area (Å²) in [6, 6.07) is 0.0958. The van der Waals surface area contributed by atoms with Gasteiger partial charge >= 0.3 is 5.97 Å². The van der Waals surface area contributed by atoms with Crippen molar-refractivity contribution in [3.8, 4) is 0 Å². The SMILES string of the molecule is O=C(O)C1COCCN1S(=O)(=O)c1cc(Cl)c(Br)s1. The minimum atomic E-state index is -3.88. The smallest absolute Gasteiger partial charge is 0.324 e. The Kier molecular flexibility index (Phi) is 4.53. The van der Waals surface area contributed by atoms with E-state index < -0.39 is 22.0 Å². The molecule has 1 saturated heterocycles. The second-order valence-electron chi connectivity index (χ2n) is 3.73. The zero-order chi connectivity index (χ0) is 14.2. The topological polar surface area (TPSA) is 83.9 Å². The van der Waals surface area contributed by atoms with E-state index in [4.69, 9.17) is 21.4 Å². The van der Waals surface area contributed by atoms with Gasteiger partial charge in [0.1, 0.15) is 10.3 Å². The summed E-state index contributed by atoms with van der Waals surface area (Å²) < 4.78 is 31.3. The van der Waals surface area contributed by atoms with Gasteiger partial charge < -0.3 is 9.84 Å². The van der Waals surface area contributed by atoms with Gasteiger partial charge in [-0.2, -0.15) is 4.31 Å². The largest absolute Gasteiger partial charge is 0.480 e. The molecule has 0 aromatic carbocycles. The summed E-state index contributed by atoms with van der Waals surface area (Å²) in [6.07, 6.45) is 0. The molecule has 2 rings (SSSR count). The number of hydrogen-bond donors (Lipinski definition) is 1. The molecule has 0 bridgehead atoms. The van der Waals surface area contributed by atoms with E-state index in [1.165, 1.54) is 6.07 Å². The summed E-state index contributed by atoms with van der Waals surface area (Å²) in [4.78, 5) is 11.1. The molecule has 1 fully saturated rings. The third kappa shape index (κ3) is 2.96. The Bertz CT molecular complexity index is 582. The zero-order valence-electron chi connectivity index (χ0n) is 9.38. The van der Waals surface area contributed by atoms with Crippen molar-refractivity contribution in [3.63, 3.8) is 0 Å². The summed E-state index contributed by atoms with van der Waals surface area (Å²) in [5.41, 5.74) is 0. The molecule has 1 N–H and O–H groups in total. The van der Waals surface area contributed by atoms with E-state index >= 15 is 0 Å². The predicted octanol–water partition coefficient (Wildman–Crippen LogP) is 1.64. The highest BCUT2D eigenvalue weighted by Crippen LogP contribution is 2.36. The van der Waals surface area contributed by atoms with Crippen LogP contribution in [0.5, 0.6) is 0 Å². The normalized spacial score (nSPS) is 21.5. The zero-order valence-corrected chi connectivity index (χ0v) is 13.4. The molecular formula is C9H9BrClNO5S2. The fourth-order valence-corrected chi connectivity index (χ4v) is 5.72. The summed E-state index contributed by atoms with van der Waals surface area (Å²) in [5.74, 6) is -1.23. The Morgan fingerprint density at radius 1 is 1.63 bits per heavy atom. The summed E-state index contributed by atoms with van der Waals surface area (Å²) in [6.45, 7) is 0.0184. The van der Waals surface area contributed by atoms with Gasteiger partial charge in [0, 0.05) is 6.54 Å². The van der Waals surface area contributed by atoms with Gasteiger partial charge in [0.25, 0.3) is 10.0 Å². The Balaban J connectivity index is 2.39. The number of rotatable bonds is 3. The van der Waals surface area contributed by atoms with Gasteiger partial charge in [0.05, 0.1) is 22.0 Å². The lowest BCUT2D eigenvalue weighted by Crippen LogP contribution is -2.52. The van der Waals surface area contributed by atoms with Crippen LogP contribution in [0.25, 0.3) is 0 Å². The van der Waals surface area contributed by atoms with Gasteiger partial charge in [-0.1, -0.05) is 11.6 Å². The first kappa shape index (κ1) is 15.2. The van der Waals surface area contributed by atoms with Crippen LogP contribution >= 0.6 is 38.9 Å². The molecule has 2 heterocycles. The van der Waals surface area contributed by atoms with Crippen LogP contribution in [-0.4, -0.2) is 49.6 Å². The lowest BCUT2D eigenvalue weighted by atomic mass is 10.3. The molecule has 1 aliphatic rings. The molecule has 106 valence electrons. The fraction of sp³-hybridized carbons (Fsp3) is 0.444. The molecule has 1 unspecified atom stereocenters. The van der Waals surface area contributed by atoms with Crippen molar-refractivity contribution < 1.29 is 23.1 Å². The third-order valence-electron chi connectivity index (χ3n) is 2.55. The Labute approximate surface area is 127 Å². The fourth-order valence-electron chi connectivity index (χ4n) is 1.64. The van der Waals surface area contributed by atoms with Crippen LogP contribution in [0.1, 0.15) is 0 Å². The number of halogens is 2. The average molecular weight is 391 g/mol. The Morgan fingerprint density at radius 2 is 2.32 bits per heavy atom. The monoisotopic (exact) mass is 389 g/mol. The van der Waals surface area contributed by atoms with E-state index in [0.717, 1.165) is 15.6 Å². The molecule has 0 amide bonds. The molecule has 0 radical (unpaired) electrons. The summed E-state index contributed by atoms with van der Waals surface area (Å²) in [5, 5.41) is 9.34. The number of sulfonamides is 1. The van der Waals surface area contributed by atoms with Crippen LogP contribution in [0.15, 0.2) is 14.1 Å². The number of ether oxygens (including phenoxy) is 1. The number of nitrogens with zero attached hydrogens (tertiary/aromatic N) is 1. The van der Waals surface area contributed by atoms with Crippen LogP contribution in [0.2, 0.25) is 5.02 Å². The van der Waals surface area contributed by atoms with E-state index in [2.05, 4.69) is 15.9 Å². The number of thiophene rings is 1. The van der Waals surface area contributed by atoms with Crippen LogP contribution in [0.3, 0.4) is 0 Å². The van der Waals surface area contributed by atoms with E-state index in [1.54, 1.807) is 0 Å². The highest BCUT2D eigenvalue weighted by molar-refractivity contribution is 9.11. The maximum atomic E-state index is 12.4. The maximum absolute atomic E-state index is 12.4. The number of hydrogen-bond acceptors (Lipinski definition) is 5. The number of carboxylic acids is 1. The molecular weight excluding hydrogens is 382 g/mol. The molecule has 6 nitrogen and oxygen atoms in total. The molecule has 0 spiro atoms. The Morgan fingerprint density at radius 3 is 2.84 bits per heavy atom. The highest BCUT2D eigenvalue weighted by Gasteiger charge is 2.39. The third-order valence-corrected chi connectivity index (χ3v) is 7.38. The molecule has 19 heavy (non-hydrogen) atoms. The predicted molar refractivity (Wildman–Crippen MR) is 73.2 cm³/mol. The van der Waals surface area contributed by atoms with Crippen molar-refractivity contribution in [2.45, 2.75) is 10.3 Å². The second-order valence-corrected chi connectivity index (χ2v) is 8.63. The molecule has 1 aromatic rings. The quantitative estimate of drug-likeness (QED) is 0.848. The van der Waals surface area contributed by atoms with Crippen molar-refractivity contribution in [2.75, 3.05) is 19.8 Å². The van der Waals surface area contributed by atoms with Gasteiger partial charge in [-0.25, -0.2) is 8.42 Å². The minimum Gasteiger partial charge on any atom is -0.480 e. The van der Waals surface area contributed by atoms with Crippen LogP contribution < -0.4 is 0 Å². The number of aliphatic carboxylic acids is 1. The summed E-state index contributed by atoms with van der Waals surface area (Å²) >= 11 is 9.90. The molecule has 1 atom stereocenters. The lowest BCUT2D eigenvalue weighted by molar-refractivity contribution is -0.146. The van der Waals surface area contributed by atoms with Crippen LogP contribution in [-0.2, 0) is 19.6 Å². The Hall–Kier alpha value is -0.190. The van der Waals surface area contributed by atoms with E-state index in [-0.39, 0.29) is 29.0 Å². The van der Waals surface area contributed by atoms with Gasteiger partial charge in [-0.3, -0.25) is 4.79 Å². The number of carboxylic acid groups (broad SMARTS) is 1. The first-order valence-electron chi connectivity index (χ1n) is 5.11. The maximum Gasteiger partial charge on any atom is 0.324 e. The molecule has 0 saturated carbocycles. The second kappa shape index (κ2) is 5.66. The number of morpholine rings is 1. The van der Waals surface area contributed by atoms with Gasteiger partial charge in [-0.05, 0) is 22.0 Å². The lowest BCUT2D eigenvalue weighted by Gasteiger charge is -2.31. The molecule has 1 aromatic heterocycles. The van der Waals surface area contributed by atoms with Crippen molar-refractivity contribution >= 4 is 54.9 Å². The van der Waals surface area contributed by atoms with Crippen molar-refractivity contribution in [3.05, 3.63) is 14.9 Å². The van der Waals surface area contributed by atoms with E-state index in [9.17, 15) is 13.2 Å². The standard InChI is InChI=1S/C9H9BrClNO5S2/c10-8-5(11)3-7(18-8)19(15,16)12-1-2-17-4-6(12)9(13)14/h3,6H,1-2,4H2,(H,13,14). The van der Waals surface area contributed by atoms with E-state index in [1.807, 2.05) is 0 Å². The number of carbonyl (C=O) groups is 1. The summed E-state index contributed by atoms with van der Waals surface area (Å²) in [7, 11) is -3.88. The van der Waals surface area contributed by atoms with Gasteiger partial charge in [-0.15, -0.1) is 11.3 Å². The molecule has 0 aliphatic carbocycles. The van der Waals surface area contributed by atoms with Crippen molar-refractivity contribution in [2.24, 2.45) is 0 Å².